The molecular formula is C22H20FN3O3S2. The third kappa shape index (κ3) is 3.77. The summed E-state index contributed by atoms with van der Waals surface area (Å²) in [5.41, 5.74) is 3.26. The number of hydrogen-bond acceptors (Lipinski definition) is 5. The molecule has 0 radical (unpaired) electrons. The van der Waals surface area contributed by atoms with E-state index in [4.69, 9.17) is 0 Å². The summed E-state index contributed by atoms with van der Waals surface area (Å²) in [6.45, 7) is 0.436. The Labute approximate surface area is 183 Å². The molecule has 0 saturated carbocycles. The molecule has 0 bridgehead atoms. The van der Waals surface area contributed by atoms with Crippen molar-refractivity contribution in [1.29, 1.82) is 0 Å². The van der Waals surface area contributed by atoms with E-state index in [1.54, 1.807) is 0 Å². The molecule has 0 spiro atoms. The molecule has 1 unspecified atom stereocenters. The van der Waals surface area contributed by atoms with Gasteiger partial charge in [0.1, 0.15) is 5.82 Å². The van der Waals surface area contributed by atoms with E-state index in [0.29, 0.717) is 24.5 Å². The third-order valence-corrected chi connectivity index (χ3v) is 8.61. The largest absolute Gasteiger partial charge is 0.302 e. The van der Waals surface area contributed by atoms with Crippen LogP contribution >= 0.6 is 11.3 Å². The Morgan fingerprint density at radius 1 is 1.16 bits per heavy atom. The molecule has 1 aliphatic carbocycles. The maximum atomic E-state index is 13.2. The van der Waals surface area contributed by atoms with Crippen molar-refractivity contribution in [2.45, 2.75) is 24.2 Å². The van der Waals surface area contributed by atoms with Crippen molar-refractivity contribution in [3.8, 4) is 11.3 Å². The highest BCUT2D eigenvalue weighted by Crippen LogP contribution is 2.41. The van der Waals surface area contributed by atoms with Crippen LogP contribution < -0.4 is 5.32 Å². The molecule has 31 heavy (non-hydrogen) atoms. The van der Waals surface area contributed by atoms with Gasteiger partial charge in [0, 0.05) is 30.0 Å². The van der Waals surface area contributed by atoms with Crippen LogP contribution in [-0.2, 0) is 21.2 Å². The van der Waals surface area contributed by atoms with Gasteiger partial charge in [0.05, 0.1) is 16.5 Å². The van der Waals surface area contributed by atoms with Crippen LogP contribution in [0.25, 0.3) is 11.3 Å². The number of benzene rings is 2. The zero-order valence-corrected chi connectivity index (χ0v) is 18.2. The Bertz CT molecular complexity index is 1260. The lowest BCUT2D eigenvalue weighted by Gasteiger charge is -2.31. The highest BCUT2D eigenvalue weighted by Gasteiger charge is 2.34. The molecule has 2 heterocycles. The van der Waals surface area contributed by atoms with E-state index in [-0.39, 0.29) is 17.3 Å². The number of anilines is 1. The average Bonchev–Trinajstić information content (AvgIpc) is 3.31. The first-order chi connectivity index (χ1) is 14.9. The van der Waals surface area contributed by atoms with Crippen LogP contribution in [-0.4, -0.2) is 36.7 Å². The fourth-order valence-electron chi connectivity index (χ4n) is 4.15. The fourth-order valence-corrected chi connectivity index (χ4v) is 6.68. The van der Waals surface area contributed by atoms with Crippen LogP contribution in [0.5, 0.6) is 0 Å². The number of halogens is 1. The van der Waals surface area contributed by atoms with E-state index in [1.165, 1.54) is 33.3 Å². The Morgan fingerprint density at radius 2 is 1.94 bits per heavy atom. The van der Waals surface area contributed by atoms with Crippen LogP contribution in [0.4, 0.5) is 9.52 Å². The van der Waals surface area contributed by atoms with Crippen LogP contribution in [0.2, 0.25) is 0 Å². The Morgan fingerprint density at radius 3 is 2.74 bits per heavy atom. The number of nitrogens with zero attached hydrogens (tertiary/aromatic N) is 2. The lowest BCUT2D eigenvalue weighted by molar-refractivity contribution is -0.120. The van der Waals surface area contributed by atoms with Crippen molar-refractivity contribution in [3.63, 3.8) is 0 Å². The predicted octanol–water partition coefficient (Wildman–Crippen LogP) is 3.89. The number of nitrogens with one attached hydrogen (secondary N) is 1. The smallest absolute Gasteiger partial charge is 0.243 e. The van der Waals surface area contributed by atoms with Crippen LogP contribution in [0, 0.1) is 11.7 Å². The minimum atomic E-state index is -3.78. The first kappa shape index (κ1) is 20.3. The number of amides is 1. The molecule has 1 N–H and O–H groups in total. The van der Waals surface area contributed by atoms with E-state index in [2.05, 4.69) is 16.4 Å². The number of sulfonamides is 1. The standard InChI is InChI=1S/C22H20FN3O3S2/c23-16-7-9-17(10-8-16)31(28,29)26-11-3-5-15(13-26)21(27)25-22-24-20-18-6-2-1-4-14(18)12-19(20)30-22/h1-2,4,6-10,15H,3,5,11-13H2,(H,24,25,27). The van der Waals surface area contributed by atoms with E-state index < -0.39 is 21.8 Å². The number of hydrogen-bond donors (Lipinski definition) is 1. The van der Waals surface area contributed by atoms with Crippen LogP contribution in [0.15, 0.2) is 53.4 Å². The number of thiazole rings is 1. The Kier molecular flexibility index (Phi) is 5.11. The highest BCUT2D eigenvalue weighted by molar-refractivity contribution is 7.89. The van der Waals surface area contributed by atoms with Gasteiger partial charge in [-0.3, -0.25) is 4.79 Å². The molecule has 1 saturated heterocycles. The van der Waals surface area contributed by atoms with Gasteiger partial charge in [-0.25, -0.2) is 17.8 Å². The number of fused-ring (bicyclic) bond motifs is 3. The molecule has 6 nitrogen and oxygen atoms in total. The fraction of sp³-hybridized carbons (Fsp3) is 0.273. The van der Waals surface area contributed by atoms with Crippen molar-refractivity contribution >= 4 is 32.4 Å². The average molecular weight is 458 g/mol. The second-order valence-electron chi connectivity index (χ2n) is 7.77. The predicted molar refractivity (Wildman–Crippen MR) is 117 cm³/mol. The van der Waals surface area contributed by atoms with Crippen molar-refractivity contribution in [1.82, 2.24) is 9.29 Å². The van der Waals surface area contributed by atoms with Gasteiger partial charge in [0.15, 0.2) is 5.13 Å². The second kappa shape index (κ2) is 7.81. The quantitative estimate of drug-likeness (QED) is 0.504. The molecule has 1 amide bonds. The first-order valence-electron chi connectivity index (χ1n) is 10.1. The van der Waals surface area contributed by atoms with Crippen molar-refractivity contribution in [3.05, 3.63) is 64.8 Å². The summed E-state index contributed by atoms with van der Waals surface area (Å²) in [5.74, 6) is -1.18. The minimum absolute atomic E-state index is 0.0324. The normalized spacial score (nSPS) is 18.4. The zero-order chi connectivity index (χ0) is 21.6. The Hall–Kier alpha value is -2.62. The molecule has 3 aromatic rings. The summed E-state index contributed by atoms with van der Waals surface area (Å²) in [5, 5.41) is 3.43. The molecule has 1 aliphatic heterocycles. The molecule has 2 aliphatic rings. The number of aromatic nitrogens is 1. The summed E-state index contributed by atoms with van der Waals surface area (Å²) in [6.07, 6.45) is 2.00. The van der Waals surface area contributed by atoms with Crippen LogP contribution in [0.3, 0.4) is 0 Å². The number of carbonyl (C=O) groups excluding carboxylic acids is 1. The van der Waals surface area contributed by atoms with E-state index >= 15 is 0 Å². The molecule has 5 rings (SSSR count). The van der Waals surface area contributed by atoms with Gasteiger partial charge < -0.3 is 5.32 Å². The van der Waals surface area contributed by atoms with Gasteiger partial charge in [-0.05, 0) is 42.7 Å². The SMILES string of the molecule is O=C(Nc1nc2c(s1)Cc1ccccc1-2)C1CCCN(S(=O)(=O)c2ccc(F)cc2)C1. The lowest BCUT2D eigenvalue weighted by atomic mass is 9.99. The molecule has 2 aromatic carbocycles. The summed E-state index contributed by atoms with van der Waals surface area (Å²) in [4.78, 5) is 18.6. The van der Waals surface area contributed by atoms with Gasteiger partial charge >= 0.3 is 0 Å². The van der Waals surface area contributed by atoms with E-state index in [1.807, 2.05) is 18.2 Å². The minimum Gasteiger partial charge on any atom is -0.302 e. The van der Waals surface area contributed by atoms with Crippen molar-refractivity contribution < 1.29 is 17.6 Å². The number of rotatable bonds is 4. The number of carbonyl (C=O) groups is 1. The molecule has 1 atom stereocenters. The summed E-state index contributed by atoms with van der Waals surface area (Å²) >= 11 is 1.47. The maximum absolute atomic E-state index is 13.2. The maximum Gasteiger partial charge on any atom is 0.243 e. The van der Waals surface area contributed by atoms with Crippen molar-refractivity contribution in [2.75, 3.05) is 18.4 Å². The zero-order valence-electron chi connectivity index (χ0n) is 16.5. The lowest BCUT2D eigenvalue weighted by Crippen LogP contribution is -2.43. The second-order valence-corrected chi connectivity index (χ2v) is 10.8. The van der Waals surface area contributed by atoms with Crippen LogP contribution in [0.1, 0.15) is 23.3 Å². The molecule has 9 heteroatoms. The third-order valence-electron chi connectivity index (χ3n) is 5.76. The summed E-state index contributed by atoms with van der Waals surface area (Å²) < 4.78 is 40.3. The van der Waals surface area contributed by atoms with Gasteiger partial charge in [-0.2, -0.15) is 4.31 Å². The van der Waals surface area contributed by atoms with Gasteiger partial charge in [0.25, 0.3) is 0 Å². The molecular weight excluding hydrogens is 437 g/mol. The highest BCUT2D eigenvalue weighted by atomic mass is 32.2. The molecule has 1 aromatic heterocycles. The number of piperidine rings is 1. The summed E-state index contributed by atoms with van der Waals surface area (Å²) in [7, 11) is -3.78. The molecule has 1 fully saturated rings. The van der Waals surface area contributed by atoms with E-state index in [9.17, 15) is 17.6 Å². The van der Waals surface area contributed by atoms with E-state index in [0.717, 1.165) is 34.7 Å². The van der Waals surface area contributed by atoms with Gasteiger partial charge in [-0.15, -0.1) is 11.3 Å². The monoisotopic (exact) mass is 457 g/mol. The first-order valence-corrected chi connectivity index (χ1v) is 12.3. The summed E-state index contributed by atoms with van der Waals surface area (Å²) in [6, 6.07) is 12.9. The van der Waals surface area contributed by atoms with Crippen molar-refractivity contribution in [2.24, 2.45) is 5.92 Å². The topological polar surface area (TPSA) is 79.4 Å². The molecule has 160 valence electrons. The van der Waals surface area contributed by atoms with Gasteiger partial charge in [-0.1, -0.05) is 24.3 Å². The Balaban J connectivity index is 1.29. The van der Waals surface area contributed by atoms with Gasteiger partial charge in [0.2, 0.25) is 15.9 Å².